The first-order valence-corrected chi connectivity index (χ1v) is 11.5. The molecular weight excluding hydrogens is 436 g/mol. The Morgan fingerprint density at radius 2 is 2.00 bits per heavy atom. The van der Waals surface area contributed by atoms with Crippen LogP contribution >= 0.6 is 22.9 Å². The average Bonchev–Trinajstić information content (AvgIpc) is 3.42. The van der Waals surface area contributed by atoms with Crippen molar-refractivity contribution in [2.75, 3.05) is 11.9 Å². The van der Waals surface area contributed by atoms with Crippen LogP contribution in [0.4, 0.5) is 6.01 Å². The highest BCUT2D eigenvalue weighted by Gasteiger charge is 2.40. The molecule has 11 heteroatoms. The number of carbonyl (C=O) groups excluding carboxylic acids is 1. The highest BCUT2D eigenvalue weighted by Crippen LogP contribution is 2.32. The van der Waals surface area contributed by atoms with E-state index in [1.807, 2.05) is 31.2 Å². The lowest BCUT2D eigenvalue weighted by molar-refractivity contribution is -0.119. The van der Waals surface area contributed by atoms with Crippen LogP contribution < -0.4 is 5.32 Å². The van der Waals surface area contributed by atoms with Crippen molar-refractivity contribution in [3.8, 4) is 11.5 Å². The largest absolute Gasteiger partial charge is 0.403 e. The molecule has 8 nitrogen and oxygen atoms in total. The van der Waals surface area contributed by atoms with Crippen LogP contribution in [0.3, 0.4) is 0 Å². The SMILES string of the molecule is Cc1ccc(-c2nnc(NC(=O)C3CCCN3S(=O)(=O)c3ccc(Cl)s3)o2)cc1. The number of rotatable bonds is 5. The number of thiophene rings is 1. The van der Waals surface area contributed by atoms with Crippen molar-refractivity contribution in [1.29, 1.82) is 0 Å². The number of anilines is 1. The van der Waals surface area contributed by atoms with Gasteiger partial charge in [0.05, 0.1) is 4.34 Å². The summed E-state index contributed by atoms with van der Waals surface area (Å²) in [6.07, 6.45) is 0.984. The van der Waals surface area contributed by atoms with Gasteiger partial charge in [0.2, 0.25) is 11.8 Å². The molecule has 2 aromatic heterocycles. The van der Waals surface area contributed by atoms with E-state index in [-0.39, 0.29) is 22.7 Å². The van der Waals surface area contributed by atoms with E-state index < -0.39 is 22.0 Å². The molecule has 1 unspecified atom stereocenters. The number of sulfonamides is 1. The molecule has 4 rings (SSSR count). The topological polar surface area (TPSA) is 105 Å². The van der Waals surface area contributed by atoms with E-state index in [9.17, 15) is 13.2 Å². The molecule has 0 saturated carbocycles. The van der Waals surface area contributed by atoms with Gasteiger partial charge in [0, 0.05) is 12.1 Å². The van der Waals surface area contributed by atoms with E-state index in [4.69, 9.17) is 16.0 Å². The minimum absolute atomic E-state index is 0.0750. The quantitative estimate of drug-likeness (QED) is 0.634. The van der Waals surface area contributed by atoms with Gasteiger partial charge in [0.15, 0.2) is 0 Å². The Morgan fingerprint density at radius 3 is 2.69 bits per heavy atom. The molecular formula is C18H17ClN4O4S2. The van der Waals surface area contributed by atoms with Gasteiger partial charge in [-0.2, -0.15) is 4.31 Å². The minimum atomic E-state index is -3.81. The number of halogens is 1. The molecule has 29 heavy (non-hydrogen) atoms. The third-order valence-electron chi connectivity index (χ3n) is 4.57. The van der Waals surface area contributed by atoms with Gasteiger partial charge in [-0.15, -0.1) is 16.4 Å². The van der Waals surface area contributed by atoms with Crippen LogP contribution in [0.15, 0.2) is 45.0 Å². The van der Waals surface area contributed by atoms with Gasteiger partial charge < -0.3 is 4.42 Å². The minimum Gasteiger partial charge on any atom is -0.403 e. The van der Waals surface area contributed by atoms with Gasteiger partial charge >= 0.3 is 6.01 Å². The smallest absolute Gasteiger partial charge is 0.322 e. The second-order valence-corrected chi connectivity index (χ2v) is 10.4. The zero-order valence-electron chi connectivity index (χ0n) is 15.3. The Labute approximate surface area is 176 Å². The maximum atomic E-state index is 12.9. The Hall–Kier alpha value is -2.27. The molecule has 1 amide bonds. The number of carbonyl (C=O) groups is 1. The summed E-state index contributed by atoms with van der Waals surface area (Å²) in [6.45, 7) is 2.23. The van der Waals surface area contributed by atoms with Crippen molar-refractivity contribution < 1.29 is 17.6 Å². The van der Waals surface area contributed by atoms with Crippen molar-refractivity contribution in [2.24, 2.45) is 0 Å². The van der Waals surface area contributed by atoms with Gasteiger partial charge in [-0.25, -0.2) is 8.42 Å². The normalized spacial score (nSPS) is 17.5. The van der Waals surface area contributed by atoms with Crippen LogP contribution in [-0.4, -0.2) is 41.4 Å². The third-order valence-corrected chi connectivity index (χ3v) is 8.18. The molecule has 1 saturated heterocycles. The number of nitrogens with one attached hydrogen (secondary N) is 1. The zero-order chi connectivity index (χ0) is 20.6. The van der Waals surface area contributed by atoms with Crippen molar-refractivity contribution in [1.82, 2.24) is 14.5 Å². The summed E-state index contributed by atoms with van der Waals surface area (Å²) in [5.74, 6) is -0.239. The number of hydrogen-bond donors (Lipinski definition) is 1. The predicted octanol–water partition coefficient (Wildman–Crippen LogP) is 3.55. The molecule has 0 aliphatic carbocycles. The Kier molecular flexibility index (Phi) is 5.43. The predicted molar refractivity (Wildman–Crippen MR) is 109 cm³/mol. The summed E-state index contributed by atoms with van der Waals surface area (Å²) >= 11 is 6.83. The third kappa shape index (κ3) is 4.06. The van der Waals surface area contributed by atoms with E-state index >= 15 is 0 Å². The first-order chi connectivity index (χ1) is 13.8. The van der Waals surface area contributed by atoms with Crippen molar-refractivity contribution in [3.05, 3.63) is 46.3 Å². The second kappa shape index (κ2) is 7.86. The first-order valence-electron chi connectivity index (χ1n) is 8.83. The number of nitrogens with zero attached hydrogens (tertiary/aromatic N) is 3. The van der Waals surface area contributed by atoms with Crippen molar-refractivity contribution >= 4 is 44.9 Å². The molecule has 1 fully saturated rings. The van der Waals surface area contributed by atoms with Crippen LogP contribution in [0.2, 0.25) is 4.34 Å². The summed E-state index contributed by atoms with van der Waals surface area (Å²) in [7, 11) is -3.81. The molecule has 0 radical (unpaired) electrons. The number of aromatic nitrogens is 2. The molecule has 1 aliphatic rings. The van der Waals surface area contributed by atoms with Crippen molar-refractivity contribution in [3.63, 3.8) is 0 Å². The molecule has 0 spiro atoms. The average molecular weight is 453 g/mol. The van der Waals surface area contributed by atoms with Crippen LogP contribution in [0.25, 0.3) is 11.5 Å². The van der Waals surface area contributed by atoms with Gasteiger partial charge in [0.1, 0.15) is 10.3 Å². The van der Waals surface area contributed by atoms with Gasteiger partial charge in [-0.3, -0.25) is 10.1 Å². The molecule has 1 atom stereocenters. The molecule has 1 N–H and O–H groups in total. The highest BCUT2D eigenvalue weighted by atomic mass is 35.5. The lowest BCUT2D eigenvalue weighted by atomic mass is 10.1. The number of benzene rings is 1. The fraction of sp³-hybridized carbons (Fsp3) is 0.278. The fourth-order valence-electron chi connectivity index (χ4n) is 3.12. The highest BCUT2D eigenvalue weighted by molar-refractivity contribution is 7.91. The van der Waals surface area contributed by atoms with E-state index in [1.54, 1.807) is 0 Å². The summed E-state index contributed by atoms with van der Waals surface area (Å²) in [6, 6.07) is 9.55. The van der Waals surface area contributed by atoms with Crippen molar-refractivity contribution in [2.45, 2.75) is 30.0 Å². The van der Waals surface area contributed by atoms with E-state index in [0.29, 0.717) is 17.2 Å². The van der Waals surface area contributed by atoms with Crippen LogP contribution in [0.5, 0.6) is 0 Å². The van der Waals surface area contributed by atoms with E-state index in [0.717, 1.165) is 22.5 Å². The molecule has 1 aliphatic heterocycles. The molecule has 0 bridgehead atoms. The second-order valence-electron chi connectivity index (χ2n) is 6.60. The van der Waals surface area contributed by atoms with Gasteiger partial charge in [-0.05, 0) is 44.0 Å². The Bertz CT molecular complexity index is 1140. The van der Waals surface area contributed by atoms with E-state index in [1.165, 1.54) is 16.4 Å². The summed E-state index contributed by atoms with van der Waals surface area (Å²) in [5, 5.41) is 10.3. The maximum Gasteiger partial charge on any atom is 0.322 e. The van der Waals surface area contributed by atoms with Gasteiger partial charge in [-0.1, -0.05) is 34.4 Å². The molecule has 3 aromatic rings. The van der Waals surface area contributed by atoms with Crippen LogP contribution in [0.1, 0.15) is 18.4 Å². The number of aryl methyl sites for hydroxylation is 1. The maximum absolute atomic E-state index is 12.9. The van der Waals surface area contributed by atoms with E-state index in [2.05, 4.69) is 15.5 Å². The summed E-state index contributed by atoms with van der Waals surface area (Å²) < 4.78 is 32.9. The molecule has 152 valence electrons. The summed E-state index contributed by atoms with van der Waals surface area (Å²) in [5.41, 5.74) is 1.82. The monoisotopic (exact) mass is 452 g/mol. The van der Waals surface area contributed by atoms with Crippen LogP contribution in [-0.2, 0) is 14.8 Å². The Morgan fingerprint density at radius 1 is 1.24 bits per heavy atom. The molecule has 3 heterocycles. The zero-order valence-corrected chi connectivity index (χ0v) is 17.7. The Balaban J connectivity index is 1.50. The first kappa shape index (κ1) is 20.0. The molecule has 1 aromatic carbocycles. The number of amides is 1. The fourth-order valence-corrected chi connectivity index (χ4v) is 6.39. The van der Waals surface area contributed by atoms with Gasteiger partial charge in [0.25, 0.3) is 10.0 Å². The standard InChI is InChI=1S/C18H17ClN4O4S2/c1-11-4-6-12(7-5-11)17-21-22-18(27-17)20-16(24)13-3-2-10-23(13)29(25,26)15-9-8-14(19)28-15/h4-9,13H,2-3,10H2,1H3,(H,20,22,24). The number of hydrogen-bond acceptors (Lipinski definition) is 7. The summed E-state index contributed by atoms with van der Waals surface area (Å²) in [4.78, 5) is 12.7. The van der Waals surface area contributed by atoms with Crippen LogP contribution in [0, 0.1) is 6.92 Å². The lowest BCUT2D eigenvalue weighted by Gasteiger charge is -2.21. The lowest BCUT2D eigenvalue weighted by Crippen LogP contribution is -2.42.